The summed E-state index contributed by atoms with van der Waals surface area (Å²) >= 11 is 0. The van der Waals surface area contributed by atoms with Crippen LogP contribution in [0.4, 0.5) is 5.82 Å². The molecule has 0 bridgehead atoms. The van der Waals surface area contributed by atoms with Gasteiger partial charge in [-0.3, -0.25) is 0 Å². The number of aliphatic hydroxyl groups excluding tert-OH is 1. The van der Waals surface area contributed by atoms with Gasteiger partial charge in [0.25, 0.3) is 0 Å². The Labute approximate surface area is 96.3 Å². The minimum Gasteiger partial charge on any atom is -0.396 e. The Bertz CT molecular complexity index is 354. The van der Waals surface area contributed by atoms with Crippen LogP contribution in [0.3, 0.4) is 0 Å². The number of hydrogen-bond acceptors (Lipinski definition) is 4. The highest BCUT2D eigenvalue weighted by molar-refractivity contribution is 5.40. The van der Waals surface area contributed by atoms with Gasteiger partial charge in [0.05, 0.1) is 0 Å². The summed E-state index contributed by atoms with van der Waals surface area (Å²) in [7, 11) is 0. The maximum atomic E-state index is 9.11. The van der Waals surface area contributed by atoms with Crippen molar-refractivity contribution in [2.45, 2.75) is 26.2 Å². The Kier molecular flexibility index (Phi) is 3.39. The van der Waals surface area contributed by atoms with Crippen LogP contribution in [-0.4, -0.2) is 34.8 Å². The van der Waals surface area contributed by atoms with E-state index >= 15 is 0 Å². The highest BCUT2D eigenvalue weighted by atomic mass is 16.3. The van der Waals surface area contributed by atoms with Crippen LogP contribution in [0.25, 0.3) is 0 Å². The van der Waals surface area contributed by atoms with E-state index in [4.69, 9.17) is 5.11 Å². The fourth-order valence-corrected chi connectivity index (χ4v) is 2.04. The molecule has 16 heavy (non-hydrogen) atoms. The second-order valence-corrected chi connectivity index (χ2v) is 4.74. The maximum Gasteiger partial charge on any atom is 0.132 e. The van der Waals surface area contributed by atoms with E-state index in [-0.39, 0.29) is 6.61 Å². The van der Waals surface area contributed by atoms with Gasteiger partial charge in [-0.25, -0.2) is 9.97 Å². The van der Waals surface area contributed by atoms with E-state index in [2.05, 4.69) is 34.8 Å². The smallest absolute Gasteiger partial charge is 0.132 e. The summed E-state index contributed by atoms with van der Waals surface area (Å²) in [5.74, 6) is 1.82. The van der Waals surface area contributed by atoms with Crippen molar-refractivity contribution in [3.05, 3.63) is 18.1 Å². The molecule has 1 aliphatic rings. The van der Waals surface area contributed by atoms with Crippen molar-refractivity contribution in [2.75, 3.05) is 24.6 Å². The summed E-state index contributed by atoms with van der Waals surface area (Å²) in [5.41, 5.74) is 1.08. The summed E-state index contributed by atoms with van der Waals surface area (Å²) in [4.78, 5) is 10.8. The first kappa shape index (κ1) is 11.3. The van der Waals surface area contributed by atoms with E-state index in [1.54, 1.807) is 6.33 Å². The van der Waals surface area contributed by atoms with Gasteiger partial charge in [-0.15, -0.1) is 0 Å². The van der Waals surface area contributed by atoms with Crippen molar-refractivity contribution in [3.63, 3.8) is 0 Å². The van der Waals surface area contributed by atoms with E-state index < -0.39 is 0 Å². The lowest BCUT2D eigenvalue weighted by molar-refractivity contribution is 0.238. The Hall–Kier alpha value is -1.16. The number of anilines is 1. The predicted molar refractivity (Wildman–Crippen MR) is 63.5 cm³/mol. The first-order chi connectivity index (χ1) is 7.70. The largest absolute Gasteiger partial charge is 0.396 e. The van der Waals surface area contributed by atoms with Crippen LogP contribution in [0.1, 0.15) is 31.9 Å². The van der Waals surface area contributed by atoms with Gasteiger partial charge >= 0.3 is 0 Å². The van der Waals surface area contributed by atoms with E-state index in [9.17, 15) is 0 Å². The van der Waals surface area contributed by atoms with Crippen molar-refractivity contribution in [3.8, 4) is 0 Å². The van der Waals surface area contributed by atoms with E-state index in [0.717, 1.165) is 31.0 Å². The second-order valence-electron chi connectivity index (χ2n) is 4.74. The summed E-state index contributed by atoms with van der Waals surface area (Å²) in [6.07, 6.45) is 2.69. The van der Waals surface area contributed by atoms with Gasteiger partial charge < -0.3 is 10.0 Å². The third kappa shape index (κ3) is 2.32. The molecule has 1 fully saturated rings. The van der Waals surface area contributed by atoms with Crippen LogP contribution in [0.15, 0.2) is 12.4 Å². The maximum absolute atomic E-state index is 9.11. The molecule has 2 heterocycles. The van der Waals surface area contributed by atoms with Crippen LogP contribution in [0.5, 0.6) is 0 Å². The lowest BCUT2D eigenvalue weighted by Crippen LogP contribution is -2.22. The number of hydrogen-bond donors (Lipinski definition) is 1. The zero-order valence-corrected chi connectivity index (χ0v) is 9.93. The van der Waals surface area contributed by atoms with Crippen molar-refractivity contribution < 1.29 is 5.11 Å². The molecule has 1 atom stereocenters. The summed E-state index contributed by atoms with van der Waals surface area (Å²) < 4.78 is 0. The molecule has 1 unspecified atom stereocenters. The van der Waals surface area contributed by atoms with Crippen LogP contribution >= 0.6 is 0 Å². The summed E-state index contributed by atoms with van der Waals surface area (Å²) in [6.45, 7) is 6.43. The van der Waals surface area contributed by atoms with Crippen molar-refractivity contribution >= 4 is 5.82 Å². The molecule has 4 heteroatoms. The average Bonchev–Trinajstić information content (AvgIpc) is 2.77. The highest BCUT2D eigenvalue weighted by Gasteiger charge is 2.23. The molecule has 4 nitrogen and oxygen atoms in total. The molecule has 1 aromatic rings. The Morgan fingerprint density at radius 1 is 1.50 bits per heavy atom. The molecule has 2 rings (SSSR count). The molecule has 0 saturated carbocycles. The normalized spacial score (nSPS) is 20.8. The Morgan fingerprint density at radius 2 is 2.31 bits per heavy atom. The van der Waals surface area contributed by atoms with Gasteiger partial charge in [0.1, 0.15) is 12.1 Å². The quantitative estimate of drug-likeness (QED) is 0.838. The monoisotopic (exact) mass is 221 g/mol. The van der Waals surface area contributed by atoms with Crippen molar-refractivity contribution in [2.24, 2.45) is 5.92 Å². The minimum atomic E-state index is 0.276. The van der Waals surface area contributed by atoms with E-state index in [0.29, 0.717) is 11.8 Å². The standard InChI is InChI=1S/C12H19N3O/c1-9(2)11-5-12(14-8-13-11)15-4-3-10(6-15)7-16/h5,8-10,16H,3-4,6-7H2,1-2H3. The number of aromatic nitrogens is 2. The number of aliphatic hydroxyl groups is 1. The van der Waals surface area contributed by atoms with E-state index in [1.807, 2.05) is 0 Å². The van der Waals surface area contributed by atoms with Crippen LogP contribution in [0.2, 0.25) is 0 Å². The van der Waals surface area contributed by atoms with Gasteiger partial charge in [-0.1, -0.05) is 13.8 Å². The zero-order valence-electron chi connectivity index (χ0n) is 9.93. The lowest BCUT2D eigenvalue weighted by atomic mass is 10.1. The highest BCUT2D eigenvalue weighted by Crippen LogP contribution is 2.23. The fourth-order valence-electron chi connectivity index (χ4n) is 2.04. The average molecular weight is 221 g/mol. The van der Waals surface area contributed by atoms with Gasteiger partial charge in [-0.2, -0.15) is 0 Å². The van der Waals surface area contributed by atoms with Gasteiger partial charge in [0.15, 0.2) is 0 Å². The second kappa shape index (κ2) is 4.78. The summed E-state index contributed by atoms with van der Waals surface area (Å²) in [5, 5.41) is 9.11. The van der Waals surface area contributed by atoms with Crippen LogP contribution in [-0.2, 0) is 0 Å². The SMILES string of the molecule is CC(C)c1cc(N2CCC(CO)C2)ncn1. The Balaban J connectivity index is 2.12. The zero-order chi connectivity index (χ0) is 11.5. The molecule has 88 valence electrons. The third-order valence-electron chi connectivity index (χ3n) is 3.13. The third-order valence-corrected chi connectivity index (χ3v) is 3.13. The molecule has 1 saturated heterocycles. The number of nitrogens with zero attached hydrogens (tertiary/aromatic N) is 3. The van der Waals surface area contributed by atoms with Crippen LogP contribution in [0, 0.1) is 5.92 Å². The van der Waals surface area contributed by atoms with E-state index in [1.165, 1.54) is 0 Å². The fraction of sp³-hybridized carbons (Fsp3) is 0.667. The molecule has 0 amide bonds. The molecular weight excluding hydrogens is 202 g/mol. The minimum absolute atomic E-state index is 0.276. The lowest BCUT2D eigenvalue weighted by Gasteiger charge is -2.18. The van der Waals surface area contributed by atoms with Gasteiger partial charge in [0.2, 0.25) is 0 Å². The molecular formula is C12H19N3O. The molecule has 1 aromatic heterocycles. The van der Waals surface area contributed by atoms with Crippen LogP contribution < -0.4 is 4.90 Å². The molecule has 1 aliphatic heterocycles. The van der Waals surface area contributed by atoms with Crippen molar-refractivity contribution in [1.82, 2.24) is 9.97 Å². The first-order valence-corrected chi connectivity index (χ1v) is 5.88. The van der Waals surface area contributed by atoms with Crippen molar-refractivity contribution in [1.29, 1.82) is 0 Å². The molecule has 0 radical (unpaired) electrons. The predicted octanol–water partition coefficient (Wildman–Crippen LogP) is 1.42. The van der Waals surface area contributed by atoms with Gasteiger partial charge in [0, 0.05) is 37.4 Å². The number of rotatable bonds is 3. The topological polar surface area (TPSA) is 49.2 Å². The Morgan fingerprint density at radius 3 is 2.94 bits per heavy atom. The first-order valence-electron chi connectivity index (χ1n) is 5.88. The van der Waals surface area contributed by atoms with Gasteiger partial charge in [-0.05, 0) is 12.3 Å². The molecule has 0 spiro atoms. The summed E-state index contributed by atoms with van der Waals surface area (Å²) in [6, 6.07) is 2.06. The molecule has 1 N–H and O–H groups in total. The molecule has 0 aromatic carbocycles. The molecule has 0 aliphatic carbocycles.